The third-order valence-corrected chi connectivity index (χ3v) is 3.82. The summed E-state index contributed by atoms with van der Waals surface area (Å²) in [6.07, 6.45) is 2.42. The molecule has 1 unspecified atom stereocenters. The average molecular weight is 228 g/mol. The minimum Gasteiger partial charge on any atom is -0.381 e. The number of ether oxygens (including phenoxy) is 1. The van der Waals surface area contributed by atoms with Gasteiger partial charge >= 0.3 is 0 Å². The molecule has 1 aliphatic heterocycles. The monoisotopic (exact) mass is 228 g/mol. The average Bonchev–Trinajstić information content (AvgIpc) is 2.17. The molecule has 0 radical (unpaired) electrons. The first-order valence-electron chi connectivity index (χ1n) is 6.43. The van der Waals surface area contributed by atoms with E-state index in [-0.39, 0.29) is 11.5 Å². The minimum atomic E-state index is 0.194. The van der Waals surface area contributed by atoms with Gasteiger partial charge in [0.1, 0.15) is 0 Å². The van der Waals surface area contributed by atoms with Gasteiger partial charge in [-0.05, 0) is 38.1 Å². The molecule has 0 aromatic rings. The lowest BCUT2D eigenvalue weighted by Gasteiger charge is -2.35. The quantitative estimate of drug-likeness (QED) is 0.778. The highest BCUT2D eigenvalue weighted by Gasteiger charge is 2.25. The van der Waals surface area contributed by atoms with E-state index >= 15 is 0 Å². The van der Waals surface area contributed by atoms with Crippen LogP contribution in [0.1, 0.15) is 33.6 Å². The van der Waals surface area contributed by atoms with Crippen molar-refractivity contribution in [2.24, 2.45) is 17.1 Å². The molecule has 0 amide bonds. The number of nitrogens with two attached hydrogens (primary N) is 1. The molecule has 3 heteroatoms. The maximum absolute atomic E-state index is 6.00. The SMILES string of the molecule is CC(N)C(C)(C)CN(C)CC1CCOCC1. The third-order valence-electron chi connectivity index (χ3n) is 3.82. The Balaban J connectivity index is 2.31. The fourth-order valence-corrected chi connectivity index (χ4v) is 2.27. The molecule has 96 valence electrons. The Bertz CT molecular complexity index is 198. The summed E-state index contributed by atoms with van der Waals surface area (Å²) >= 11 is 0. The molecule has 1 atom stereocenters. The molecule has 0 aromatic heterocycles. The predicted octanol–water partition coefficient (Wildman–Crippen LogP) is 1.72. The Kier molecular flexibility index (Phi) is 5.22. The minimum absolute atomic E-state index is 0.194. The van der Waals surface area contributed by atoms with E-state index in [0.717, 1.165) is 25.7 Å². The van der Waals surface area contributed by atoms with Crippen LogP contribution in [0.5, 0.6) is 0 Å². The second-order valence-corrected chi connectivity index (χ2v) is 6.03. The molecule has 1 aliphatic rings. The van der Waals surface area contributed by atoms with Crippen LogP contribution in [0.4, 0.5) is 0 Å². The fourth-order valence-electron chi connectivity index (χ4n) is 2.27. The number of rotatable bonds is 5. The maximum atomic E-state index is 6.00. The normalized spacial score (nSPS) is 21.4. The Morgan fingerprint density at radius 2 is 1.94 bits per heavy atom. The molecule has 1 rings (SSSR count). The van der Waals surface area contributed by atoms with Gasteiger partial charge in [0.2, 0.25) is 0 Å². The van der Waals surface area contributed by atoms with Crippen molar-refractivity contribution in [2.45, 2.75) is 39.7 Å². The van der Waals surface area contributed by atoms with Crippen molar-refractivity contribution in [2.75, 3.05) is 33.4 Å². The largest absolute Gasteiger partial charge is 0.381 e. The Morgan fingerprint density at radius 1 is 1.38 bits per heavy atom. The molecular formula is C13H28N2O. The molecule has 0 bridgehead atoms. The molecule has 1 heterocycles. The molecule has 0 spiro atoms. The molecule has 0 saturated carbocycles. The van der Waals surface area contributed by atoms with Crippen LogP contribution in [0, 0.1) is 11.3 Å². The van der Waals surface area contributed by atoms with Crippen LogP contribution in [0.3, 0.4) is 0 Å². The summed E-state index contributed by atoms with van der Waals surface area (Å²) in [6, 6.07) is 0.240. The lowest BCUT2D eigenvalue weighted by Crippen LogP contribution is -2.44. The summed E-state index contributed by atoms with van der Waals surface area (Å²) < 4.78 is 5.38. The zero-order valence-corrected chi connectivity index (χ0v) is 11.3. The van der Waals surface area contributed by atoms with Crippen molar-refractivity contribution in [3.63, 3.8) is 0 Å². The fraction of sp³-hybridized carbons (Fsp3) is 1.00. The van der Waals surface area contributed by atoms with Crippen LogP contribution in [-0.4, -0.2) is 44.3 Å². The van der Waals surface area contributed by atoms with Crippen molar-refractivity contribution in [3.8, 4) is 0 Å². The van der Waals surface area contributed by atoms with E-state index < -0.39 is 0 Å². The van der Waals surface area contributed by atoms with Gasteiger partial charge in [-0.3, -0.25) is 0 Å². The summed E-state index contributed by atoms with van der Waals surface area (Å²) in [5.41, 5.74) is 6.20. The summed E-state index contributed by atoms with van der Waals surface area (Å²) in [5, 5.41) is 0. The van der Waals surface area contributed by atoms with Crippen LogP contribution in [-0.2, 0) is 4.74 Å². The van der Waals surface area contributed by atoms with Gasteiger partial charge < -0.3 is 15.4 Å². The van der Waals surface area contributed by atoms with Crippen LogP contribution < -0.4 is 5.73 Å². The van der Waals surface area contributed by atoms with Crippen LogP contribution in [0.2, 0.25) is 0 Å². The Morgan fingerprint density at radius 3 is 2.44 bits per heavy atom. The summed E-state index contributed by atoms with van der Waals surface area (Å²) in [5.74, 6) is 0.808. The van der Waals surface area contributed by atoms with Crippen molar-refractivity contribution < 1.29 is 4.74 Å². The standard InChI is InChI=1S/C13H28N2O/c1-11(14)13(2,3)10-15(4)9-12-5-7-16-8-6-12/h11-12H,5-10,14H2,1-4H3. The van der Waals surface area contributed by atoms with Gasteiger partial charge in [0.05, 0.1) is 0 Å². The van der Waals surface area contributed by atoms with Crippen molar-refractivity contribution in [1.29, 1.82) is 0 Å². The van der Waals surface area contributed by atoms with Gasteiger partial charge in [-0.15, -0.1) is 0 Å². The predicted molar refractivity (Wildman–Crippen MR) is 68.5 cm³/mol. The molecule has 2 N–H and O–H groups in total. The summed E-state index contributed by atoms with van der Waals surface area (Å²) in [6.45, 7) is 10.7. The number of hydrogen-bond acceptors (Lipinski definition) is 3. The molecule has 0 aliphatic carbocycles. The van der Waals surface area contributed by atoms with E-state index in [4.69, 9.17) is 10.5 Å². The van der Waals surface area contributed by atoms with E-state index in [1.165, 1.54) is 19.4 Å². The van der Waals surface area contributed by atoms with Crippen LogP contribution in [0.25, 0.3) is 0 Å². The molecule has 1 saturated heterocycles. The van der Waals surface area contributed by atoms with Crippen molar-refractivity contribution >= 4 is 0 Å². The highest BCUT2D eigenvalue weighted by Crippen LogP contribution is 2.22. The summed E-state index contributed by atoms with van der Waals surface area (Å²) in [4.78, 5) is 2.43. The molecule has 0 aromatic carbocycles. The first kappa shape index (κ1) is 13.9. The number of hydrogen-bond donors (Lipinski definition) is 1. The van der Waals surface area contributed by atoms with E-state index in [1.54, 1.807) is 0 Å². The van der Waals surface area contributed by atoms with Gasteiger partial charge in [-0.2, -0.15) is 0 Å². The zero-order valence-electron chi connectivity index (χ0n) is 11.3. The van der Waals surface area contributed by atoms with Crippen molar-refractivity contribution in [1.82, 2.24) is 4.90 Å². The Labute approximate surface area is 100 Å². The first-order valence-corrected chi connectivity index (χ1v) is 6.43. The Hall–Kier alpha value is -0.120. The van der Waals surface area contributed by atoms with E-state index in [1.807, 2.05) is 0 Å². The van der Waals surface area contributed by atoms with Gasteiger partial charge in [0.15, 0.2) is 0 Å². The lowest BCUT2D eigenvalue weighted by molar-refractivity contribution is 0.0501. The number of nitrogens with zero attached hydrogens (tertiary/aromatic N) is 1. The zero-order chi connectivity index (χ0) is 12.2. The second kappa shape index (κ2) is 5.99. The second-order valence-electron chi connectivity index (χ2n) is 6.03. The van der Waals surface area contributed by atoms with Crippen LogP contribution in [0.15, 0.2) is 0 Å². The first-order chi connectivity index (χ1) is 7.42. The molecule has 16 heavy (non-hydrogen) atoms. The third kappa shape index (κ3) is 4.40. The van der Waals surface area contributed by atoms with E-state index in [2.05, 4.69) is 32.7 Å². The maximum Gasteiger partial charge on any atom is 0.0469 e. The van der Waals surface area contributed by atoms with E-state index in [9.17, 15) is 0 Å². The lowest BCUT2D eigenvalue weighted by atomic mass is 9.85. The van der Waals surface area contributed by atoms with Gasteiger partial charge in [-0.25, -0.2) is 0 Å². The molecule has 3 nitrogen and oxygen atoms in total. The summed E-state index contributed by atoms with van der Waals surface area (Å²) in [7, 11) is 2.21. The van der Waals surface area contributed by atoms with E-state index in [0.29, 0.717) is 0 Å². The highest BCUT2D eigenvalue weighted by atomic mass is 16.5. The van der Waals surface area contributed by atoms with Crippen molar-refractivity contribution in [3.05, 3.63) is 0 Å². The van der Waals surface area contributed by atoms with Gasteiger partial charge in [-0.1, -0.05) is 13.8 Å². The topological polar surface area (TPSA) is 38.5 Å². The van der Waals surface area contributed by atoms with Crippen LogP contribution >= 0.6 is 0 Å². The smallest absolute Gasteiger partial charge is 0.0469 e. The highest BCUT2D eigenvalue weighted by molar-refractivity contribution is 4.81. The van der Waals surface area contributed by atoms with Gasteiger partial charge in [0, 0.05) is 32.3 Å². The molecule has 1 fully saturated rings. The van der Waals surface area contributed by atoms with Gasteiger partial charge in [0.25, 0.3) is 0 Å². The molecular weight excluding hydrogens is 200 g/mol.